The molecule has 144 valence electrons. The van der Waals surface area contributed by atoms with Gasteiger partial charge in [-0.2, -0.15) is 15.0 Å². The lowest BCUT2D eigenvalue weighted by Gasteiger charge is -2.33. The summed E-state index contributed by atoms with van der Waals surface area (Å²) in [5.41, 5.74) is 3.75. The molecule has 1 aliphatic heterocycles. The third kappa shape index (κ3) is 2.80. The van der Waals surface area contributed by atoms with E-state index in [1.165, 1.54) is 0 Å². The zero-order chi connectivity index (χ0) is 20.0. The van der Waals surface area contributed by atoms with E-state index in [0.717, 1.165) is 22.2 Å². The molecule has 5 rings (SSSR count). The first-order chi connectivity index (χ1) is 14.1. The Bertz CT molecular complexity index is 1150. The van der Waals surface area contributed by atoms with Crippen LogP contribution >= 0.6 is 0 Å². The summed E-state index contributed by atoms with van der Waals surface area (Å²) in [5.74, 6) is -0.130. The predicted molar refractivity (Wildman–Crippen MR) is 109 cm³/mol. The molecule has 1 aliphatic rings. The van der Waals surface area contributed by atoms with Crippen molar-refractivity contribution < 1.29 is 9.90 Å². The molecule has 2 heterocycles. The molecule has 0 radical (unpaired) electrons. The summed E-state index contributed by atoms with van der Waals surface area (Å²) in [5, 5.41) is 20.3. The van der Waals surface area contributed by atoms with Gasteiger partial charge in [-0.15, -0.1) is 0 Å². The topological polar surface area (TPSA) is 71.2 Å². The largest absolute Gasteiger partial charge is 0.386 e. The molecule has 1 N–H and O–H groups in total. The summed E-state index contributed by atoms with van der Waals surface area (Å²) in [4.78, 5) is 16.6. The average Bonchev–Trinajstić information content (AvgIpc) is 3.32. The van der Waals surface area contributed by atoms with Crippen LogP contribution in [0.1, 0.15) is 40.7 Å². The van der Waals surface area contributed by atoms with Gasteiger partial charge in [0.05, 0.1) is 12.1 Å². The minimum atomic E-state index is -0.832. The van der Waals surface area contributed by atoms with Crippen LogP contribution in [0.2, 0.25) is 0 Å². The second-order valence-electron chi connectivity index (χ2n) is 7.28. The van der Waals surface area contributed by atoms with Crippen molar-refractivity contribution in [3.8, 4) is 0 Å². The molecule has 6 nitrogen and oxygen atoms in total. The molecule has 0 bridgehead atoms. The Kier molecular flexibility index (Phi) is 4.14. The van der Waals surface area contributed by atoms with E-state index in [0.29, 0.717) is 5.56 Å². The highest BCUT2D eigenvalue weighted by Crippen LogP contribution is 2.38. The van der Waals surface area contributed by atoms with Crippen LogP contribution in [0.5, 0.6) is 0 Å². The monoisotopic (exact) mass is 384 g/mol. The van der Waals surface area contributed by atoms with Crippen molar-refractivity contribution in [2.75, 3.05) is 0 Å². The zero-order valence-corrected chi connectivity index (χ0v) is 15.9. The van der Waals surface area contributed by atoms with Gasteiger partial charge in [-0.05, 0) is 30.7 Å². The number of aliphatic hydroxyl groups excluding tert-OH is 1. The number of carbonyl (C=O) groups is 1. The summed E-state index contributed by atoms with van der Waals surface area (Å²) in [6.07, 6.45) is -1.35. The zero-order valence-electron chi connectivity index (χ0n) is 15.9. The Balaban J connectivity index is 1.62. The minimum Gasteiger partial charge on any atom is -0.386 e. The summed E-state index contributed by atoms with van der Waals surface area (Å²) in [7, 11) is 0. The first-order valence-electron chi connectivity index (χ1n) is 9.61. The molecular weight excluding hydrogens is 364 g/mol. The summed E-state index contributed by atoms with van der Waals surface area (Å²) in [6.45, 7) is 1.86. The number of aliphatic hydroxyl groups is 1. The lowest BCUT2D eigenvalue weighted by atomic mass is 10.0. The molecule has 1 unspecified atom stereocenters. The van der Waals surface area contributed by atoms with E-state index in [-0.39, 0.29) is 5.91 Å². The first-order valence-corrected chi connectivity index (χ1v) is 9.61. The molecule has 1 amide bonds. The second kappa shape index (κ2) is 6.83. The molecule has 0 saturated heterocycles. The molecule has 3 atom stereocenters. The average molecular weight is 384 g/mol. The number of amides is 1. The van der Waals surface area contributed by atoms with Crippen molar-refractivity contribution >= 4 is 16.9 Å². The molecule has 0 saturated carbocycles. The Hall–Kier alpha value is -3.51. The number of fused-ring (bicyclic) bond motifs is 2. The highest BCUT2D eigenvalue weighted by atomic mass is 16.3. The van der Waals surface area contributed by atoms with E-state index in [2.05, 4.69) is 10.2 Å². The molecule has 1 aromatic heterocycles. The second-order valence-corrected chi connectivity index (χ2v) is 7.28. The third-order valence-electron chi connectivity index (χ3n) is 5.53. The van der Waals surface area contributed by atoms with Gasteiger partial charge in [0.15, 0.2) is 6.17 Å². The lowest BCUT2D eigenvalue weighted by molar-refractivity contribution is 0.0213. The number of carbonyl (C=O) groups excluding carboxylic acids is 1. The smallest absolute Gasteiger partial charge is 0.256 e. The van der Waals surface area contributed by atoms with Crippen LogP contribution in [-0.2, 0) is 0 Å². The predicted octanol–water partition coefficient (Wildman–Crippen LogP) is 3.56. The SMILES string of the molecule is C[C@H]([C@@H](O)c1ccccc1)N1C(=O)c2ccccc2C1n1nc2ccccc2n1. The quantitative estimate of drug-likeness (QED) is 0.584. The summed E-state index contributed by atoms with van der Waals surface area (Å²) >= 11 is 0. The fraction of sp³-hybridized carbons (Fsp3) is 0.174. The van der Waals surface area contributed by atoms with Crippen LogP contribution in [0.4, 0.5) is 0 Å². The van der Waals surface area contributed by atoms with Crippen molar-refractivity contribution in [3.05, 3.63) is 95.6 Å². The molecular formula is C23H20N4O2. The number of nitrogens with zero attached hydrogens (tertiary/aromatic N) is 4. The van der Waals surface area contributed by atoms with Crippen LogP contribution in [0.25, 0.3) is 11.0 Å². The van der Waals surface area contributed by atoms with E-state index in [4.69, 9.17) is 0 Å². The maximum Gasteiger partial charge on any atom is 0.256 e. The highest BCUT2D eigenvalue weighted by molar-refractivity contribution is 5.99. The van der Waals surface area contributed by atoms with Gasteiger partial charge in [0.1, 0.15) is 11.0 Å². The van der Waals surface area contributed by atoms with Crippen molar-refractivity contribution in [2.24, 2.45) is 0 Å². The fourth-order valence-corrected chi connectivity index (χ4v) is 4.03. The van der Waals surface area contributed by atoms with Gasteiger partial charge >= 0.3 is 0 Å². The van der Waals surface area contributed by atoms with Gasteiger partial charge in [0.25, 0.3) is 5.91 Å². The van der Waals surface area contributed by atoms with Crippen LogP contribution < -0.4 is 0 Å². The van der Waals surface area contributed by atoms with E-state index in [1.54, 1.807) is 9.70 Å². The summed E-state index contributed by atoms with van der Waals surface area (Å²) in [6, 6.07) is 24.0. The number of aromatic nitrogens is 3. The Labute approximate surface area is 168 Å². The van der Waals surface area contributed by atoms with Crippen LogP contribution in [0, 0.1) is 0 Å². The maximum absolute atomic E-state index is 13.3. The van der Waals surface area contributed by atoms with E-state index in [9.17, 15) is 9.90 Å². The molecule has 29 heavy (non-hydrogen) atoms. The van der Waals surface area contributed by atoms with E-state index < -0.39 is 18.3 Å². The van der Waals surface area contributed by atoms with Gasteiger partial charge in [0, 0.05) is 11.1 Å². The van der Waals surface area contributed by atoms with Crippen molar-refractivity contribution in [2.45, 2.75) is 25.2 Å². The van der Waals surface area contributed by atoms with Gasteiger partial charge in [-0.3, -0.25) is 4.79 Å². The number of benzene rings is 3. The number of hydrogen-bond donors (Lipinski definition) is 1. The van der Waals surface area contributed by atoms with E-state index in [1.807, 2.05) is 85.8 Å². The van der Waals surface area contributed by atoms with Gasteiger partial charge in [-0.1, -0.05) is 60.7 Å². The third-order valence-corrected chi connectivity index (χ3v) is 5.53. The molecule has 0 aliphatic carbocycles. The molecule has 0 spiro atoms. The lowest BCUT2D eigenvalue weighted by Crippen LogP contribution is -2.43. The number of hydrogen-bond acceptors (Lipinski definition) is 4. The van der Waals surface area contributed by atoms with Gasteiger partial charge < -0.3 is 10.0 Å². The highest BCUT2D eigenvalue weighted by Gasteiger charge is 2.43. The minimum absolute atomic E-state index is 0.130. The first kappa shape index (κ1) is 17.6. The Morgan fingerprint density at radius 2 is 1.45 bits per heavy atom. The summed E-state index contributed by atoms with van der Waals surface area (Å²) < 4.78 is 0. The van der Waals surface area contributed by atoms with Crippen LogP contribution in [0.15, 0.2) is 78.9 Å². The van der Waals surface area contributed by atoms with Crippen LogP contribution in [-0.4, -0.2) is 36.9 Å². The van der Waals surface area contributed by atoms with Crippen molar-refractivity contribution in [1.82, 2.24) is 19.9 Å². The van der Waals surface area contributed by atoms with Crippen molar-refractivity contribution in [1.29, 1.82) is 0 Å². The van der Waals surface area contributed by atoms with Gasteiger partial charge in [0.2, 0.25) is 0 Å². The number of rotatable bonds is 4. The van der Waals surface area contributed by atoms with Crippen LogP contribution in [0.3, 0.4) is 0 Å². The Morgan fingerprint density at radius 1 is 0.862 bits per heavy atom. The van der Waals surface area contributed by atoms with Crippen molar-refractivity contribution in [3.63, 3.8) is 0 Å². The fourth-order valence-electron chi connectivity index (χ4n) is 4.03. The molecule has 6 heteroatoms. The molecule has 3 aromatic carbocycles. The molecule has 4 aromatic rings. The maximum atomic E-state index is 13.3. The van der Waals surface area contributed by atoms with E-state index >= 15 is 0 Å². The Morgan fingerprint density at radius 3 is 2.14 bits per heavy atom. The normalized spacial score (nSPS) is 18.1. The standard InChI is InChI=1S/C23H20N4O2/c1-15(21(28)16-9-3-2-4-10-16)26-22(17-11-5-6-12-18(17)23(26)29)27-24-19-13-7-8-14-20(19)25-27/h2-15,21-22,28H,1H3/t15-,21-,22?/m1/s1. The van der Waals surface area contributed by atoms with Gasteiger partial charge in [-0.25, -0.2) is 0 Å². The molecule has 0 fully saturated rings.